The van der Waals surface area contributed by atoms with Crippen molar-refractivity contribution in [1.29, 1.82) is 0 Å². The second-order valence-electron chi connectivity index (χ2n) is 5.92. The predicted octanol–water partition coefficient (Wildman–Crippen LogP) is 2.96. The minimum absolute atomic E-state index is 0.0605. The van der Waals surface area contributed by atoms with Crippen LogP contribution in [0.1, 0.15) is 12.0 Å². The molecule has 1 amide bonds. The van der Waals surface area contributed by atoms with E-state index in [1.165, 1.54) is 35.4 Å². The van der Waals surface area contributed by atoms with Gasteiger partial charge in [0.2, 0.25) is 5.91 Å². The lowest BCUT2D eigenvalue weighted by Crippen LogP contribution is -2.28. The van der Waals surface area contributed by atoms with E-state index in [4.69, 9.17) is 9.84 Å². The highest BCUT2D eigenvalue weighted by Crippen LogP contribution is 2.25. The molecule has 0 bridgehead atoms. The topological polar surface area (TPSA) is 79.7 Å². The number of ether oxygens (including phenoxy) is 1. The summed E-state index contributed by atoms with van der Waals surface area (Å²) >= 11 is 0. The van der Waals surface area contributed by atoms with E-state index in [0.29, 0.717) is 24.3 Å². The number of carboxylic acids is 1. The summed E-state index contributed by atoms with van der Waals surface area (Å²) in [5.74, 6) is -1.78. The van der Waals surface area contributed by atoms with Gasteiger partial charge in [-0.1, -0.05) is 6.07 Å². The van der Waals surface area contributed by atoms with Crippen molar-refractivity contribution in [2.24, 2.45) is 5.92 Å². The highest BCUT2D eigenvalue weighted by Gasteiger charge is 2.29. The summed E-state index contributed by atoms with van der Waals surface area (Å²) in [5.41, 5.74) is 0.503. The number of likely N-dealkylation sites (tertiary alicyclic amines) is 1. The van der Waals surface area contributed by atoms with E-state index < -0.39 is 17.7 Å². The van der Waals surface area contributed by atoms with Gasteiger partial charge in [0.05, 0.1) is 12.1 Å². The molecule has 1 aliphatic rings. The van der Waals surface area contributed by atoms with Crippen LogP contribution in [0, 0.1) is 11.7 Å². The zero-order valence-electron chi connectivity index (χ0n) is 13.8. The number of hydrogen-bond acceptors (Lipinski definition) is 4. The van der Waals surface area contributed by atoms with Gasteiger partial charge in [-0.3, -0.25) is 14.6 Å². The van der Waals surface area contributed by atoms with Crippen molar-refractivity contribution in [2.75, 3.05) is 13.1 Å². The molecule has 2 heterocycles. The van der Waals surface area contributed by atoms with E-state index in [9.17, 15) is 14.0 Å². The first-order valence-electron chi connectivity index (χ1n) is 8.10. The maximum absolute atomic E-state index is 14.2. The number of carboxylic acid groups (broad SMARTS) is 1. The summed E-state index contributed by atoms with van der Waals surface area (Å²) in [7, 11) is 0. The Balaban J connectivity index is 1.63. The molecule has 0 saturated carbocycles. The zero-order chi connectivity index (χ0) is 18.5. The molecule has 1 fully saturated rings. The minimum atomic E-state index is -0.893. The molecule has 0 spiro atoms. The van der Waals surface area contributed by atoms with Gasteiger partial charge in [0.15, 0.2) is 11.6 Å². The van der Waals surface area contributed by atoms with Crippen molar-refractivity contribution in [3.63, 3.8) is 0 Å². The third-order valence-electron chi connectivity index (χ3n) is 4.09. The molecule has 7 heteroatoms. The van der Waals surface area contributed by atoms with Gasteiger partial charge in [-0.2, -0.15) is 0 Å². The van der Waals surface area contributed by atoms with Gasteiger partial charge >= 0.3 is 5.97 Å². The van der Waals surface area contributed by atoms with Crippen LogP contribution in [0.5, 0.6) is 11.5 Å². The second-order valence-corrected chi connectivity index (χ2v) is 5.92. The third-order valence-corrected chi connectivity index (χ3v) is 4.09. The summed E-state index contributed by atoms with van der Waals surface area (Å²) < 4.78 is 19.6. The standard InChI is InChI=1S/C19H17FN2O4/c20-16-10-13(3-5-17(16)26-15-2-1-8-21-11-15)4-6-18(23)22-9-7-14(12-22)19(24)25/h1-6,8,10-11,14H,7,9,12H2,(H,24,25). The molecule has 1 aromatic heterocycles. The number of hydrogen-bond donors (Lipinski definition) is 1. The normalized spacial score (nSPS) is 16.8. The average Bonchev–Trinajstić information content (AvgIpc) is 3.13. The van der Waals surface area contributed by atoms with Crippen LogP contribution in [0.3, 0.4) is 0 Å². The monoisotopic (exact) mass is 356 g/mol. The largest absolute Gasteiger partial charge is 0.481 e. The van der Waals surface area contributed by atoms with Gasteiger partial charge < -0.3 is 14.7 Å². The number of halogens is 1. The molecule has 26 heavy (non-hydrogen) atoms. The number of aromatic nitrogens is 1. The summed E-state index contributed by atoms with van der Waals surface area (Å²) in [6.45, 7) is 0.608. The lowest BCUT2D eigenvalue weighted by molar-refractivity contribution is -0.141. The van der Waals surface area contributed by atoms with Crippen LogP contribution in [-0.2, 0) is 9.59 Å². The van der Waals surface area contributed by atoms with E-state index >= 15 is 0 Å². The maximum atomic E-state index is 14.2. The molecule has 1 unspecified atom stereocenters. The van der Waals surface area contributed by atoms with Gasteiger partial charge in [0, 0.05) is 25.4 Å². The fourth-order valence-electron chi connectivity index (χ4n) is 2.67. The highest BCUT2D eigenvalue weighted by molar-refractivity contribution is 5.92. The third kappa shape index (κ3) is 4.24. The summed E-state index contributed by atoms with van der Waals surface area (Å²) in [6.07, 6.45) is 6.33. The number of amides is 1. The summed E-state index contributed by atoms with van der Waals surface area (Å²) in [6, 6.07) is 7.72. The van der Waals surface area contributed by atoms with E-state index in [1.54, 1.807) is 24.4 Å². The first-order valence-corrected chi connectivity index (χ1v) is 8.10. The molecule has 1 atom stereocenters. The number of pyridine rings is 1. The second kappa shape index (κ2) is 7.77. The van der Waals surface area contributed by atoms with Crippen molar-refractivity contribution in [3.05, 3.63) is 60.2 Å². The number of carbonyl (C=O) groups excluding carboxylic acids is 1. The SMILES string of the molecule is O=C(O)C1CCN(C(=O)C=Cc2ccc(Oc3cccnc3)c(F)c2)C1. The van der Waals surface area contributed by atoms with Crippen LogP contribution in [0.2, 0.25) is 0 Å². The Morgan fingerprint density at radius 2 is 2.19 bits per heavy atom. The number of rotatable bonds is 5. The first-order chi connectivity index (χ1) is 12.5. The van der Waals surface area contributed by atoms with Crippen LogP contribution in [0.15, 0.2) is 48.8 Å². The van der Waals surface area contributed by atoms with Gasteiger partial charge in [-0.05, 0) is 42.3 Å². The number of carbonyl (C=O) groups is 2. The first kappa shape index (κ1) is 17.6. The Kier molecular flexibility index (Phi) is 5.26. The van der Waals surface area contributed by atoms with E-state index in [1.807, 2.05) is 0 Å². The molecule has 0 aliphatic carbocycles. The molecular formula is C19H17FN2O4. The Morgan fingerprint density at radius 1 is 1.35 bits per heavy atom. The molecule has 1 aromatic carbocycles. The molecule has 134 valence electrons. The summed E-state index contributed by atoms with van der Waals surface area (Å²) in [5, 5.41) is 8.97. The van der Waals surface area contributed by atoms with E-state index in [0.717, 1.165) is 0 Å². The van der Waals surface area contributed by atoms with Gasteiger partial charge in [0.1, 0.15) is 5.75 Å². The fraction of sp³-hybridized carbons (Fsp3) is 0.211. The fourth-order valence-corrected chi connectivity index (χ4v) is 2.67. The Morgan fingerprint density at radius 3 is 2.85 bits per heavy atom. The van der Waals surface area contributed by atoms with E-state index in [2.05, 4.69) is 4.98 Å². The molecule has 1 aliphatic heterocycles. The molecule has 6 nitrogen and oxygen atoms in total. The van der Waals surface area contributed by atoms with Crippen molar-refractivity contribution >= 4 is 18.0 Å². The maximum Gasteiger partial charge on any atom is 0.308 e. The van der Waals surface area contributed by atoms with Crippen molar-refractivity contribution in [2.45, 2.75) is 6.42 Å². The van der Waals surface area contributed by atoms with Crippen molar-refractivity contribution in [1.82, 2.24) is 9.88 Å². The van der Waals surface area contributed by atoms with Crippen LogP contribution >= 0.6 is 0 Å². The minimum Gasteiger partial charge on any atom is -0.481 e. The summed E-state index contributed by atoms with van der Waals surface area (Å²) in [4.78, 5) is 28.4. The Hall–Kier alpha value is -3.22. The molecule has 1 saturated heterocycles. The smallest absolute Gasteiger partial charge is 0.308 e. The van der Waals surface area contributed by atoms with Gasteiger partial charge in [0.25, 0.3) is 0 Å². The lowest BCUT2D eigenvalue weighted by Gasteiger charge is -2.12. The molecule has 0 radical (unpaired) electrons. The van der Waals surface area contributed by atoms with E-state index in [-0.39, 0.29) is 18.2 Å². The number of benzene rings is 1. The van der Waals surface area contributed by atoms with Crippen LogP contribution in [0.4, 0.5) is 4.39 Å². The van der Waals surface area contributed by atoms with Gasteiger partial charge in [-0.25, -0.2) is 4.39 Å². The molecule has 2 aromatic rings. The van der Waals surface area contributed by atoms with Crippen LogP contribution in [0.25, 0.3) is 6.08 Å². The van der Waals surface area contributed by atoms with Crippen LogP contribution in [-0.4, -0.2) is 40.0 Å². The molecule has 1 N–H and O–H groups in total. The van der Waals surface area contributed by atoms with Gasteiger partial charge in [-0.15, -0.1) is 0 Å². The highest BCUT2D eigenvalue weighted by atomic mass is 19.1. The Labute approximate surface area is 149 Å². The number of nitrogens with zero attached hydrogens (tertiary/aromatic N) is 2. The lowest BCUT2D eigenvalue weighted by atomic mass is 10.1. The number of aliphatic carboxylic acids is 1. The van der Waals surface area contributed by atoms with Crippen LogP contribution < -0.4 is 4.74 Å². The average molecular weight is 356 g/mol. The van der Waals surface area contributed by atoms with Crippen molar-refractivity contribution in [3.8, 4) is 11.5 Å². The Bertz CT molecular complexity index is 839. The van der Waals surface area contributed by atoms with Crippen molar-refractivity contribution < 1.29 is 23.8 Å². The predicted molar refractivity (Wildman–Crippen MR) is 92.1 cm³/mol. The molecule has 3 rings (SSSR count). The molecular weight excluding hydrogens is 339 g/mol. The zero-order valence-corrected chi connectivity index (χ0v) is 13.8. The quantitative estimate of drug-likeness (QED) is 0.833.